The summed E-state index contributed by atoms with van der Waals surface area (Å²) >= 11 is 2.32. The van der Waals surface area contributed by atoms with Crippen molar-refractivity contribution in [3.05, 3.63) is 34.9 Å². The zero-order chi connectivity index (χ0) is 19.4. The molecule has 3 aromatic rings. The molecule has 0 spiro atoms. The minimum Gasteiger partial charge on any atom is -0.462 e. The molecule has 3 aromatic heterocycles. The van der Waals surface area contributed by atoms with Gasteiger partial charge in [-0.15, -0.1) is 21.5 Å². The van der Waals surface area contributed by atoms with Gasteiger partial charge in [-0.2, -0.15) is 0 Å². The summed E-state index contributed by atoms with van der Waals surface area (Å²) < 4.78 is 11.5. The Morgan fingerprint density at radius 2 is 2.26 bits per heavy atom. The SMILES string of the molecule is CCOC(=O)c1sc(NC(=O)CSc2nnc(-c3ccco3)n2N)cc1C. The van der Waals surface area contributed by atoms with Crippen LogP contribution < -0.4 is 11.2 Å². The van der Waals surface area contributed by atoms with Gasteiger partial charge in [-0.05, 0) is 37.6 Å². The van der Waals surface area contributed by atoms with Crippen molar-refractivity contribution >= 4 is 40.0 Å². The molecule has 0 radical (unpaired) electrons. The Kier molecular flexibility index (Phi) is 5.81. The smallest absolute Gasteiger partial charge is 0.348 e. The molecule has 0 unspecified atom stereocenters. The standard InChI is InChI=1S/C16H17N5O4S2/c1-3-24-15(23)13-9(2)7-12(27-13)18-11(22)8-26-16-20-19-14(21(16)17)10-5-4-6-25-10/h4-7H,3,8,17H2,1-2H3,(H,18,22). The second kappa shape index (κ2) is 8.27. The third-order valence-electron chi connectivity index (χ3n) is 3.38. The third kappa shape index (κ3) is 4.31. The molecule has 9 nitrogen and oxygen atoms in total. The molecule has 0 saturated carbocycles. The number of carbonyl (C=O) groups excluding carboxylic acids is 2. The summed E-state index contributed by atoms with van der Waals surface area (Å²) in [5.41, 5.74) is 0.756. The van der Waals surface area contributed by atoms with E-state index in [4.69, 9.17) is 15.0 Å². The Labute approximate surface area is 162 Å². The summed E-state index contributed by atoms with van der Waals surface area (Å²) in [5.74, 6) is 6.25. The molecule has 0 bridgehead atoms. The topological polar surface area (TPSA) is 125 Å². The van der Waals surface area contributed by atoms with E-state index in [1.807, 2.05) is 0 Å². The van der Waals surface area contributed by atoms with Crippen LogP contribution >= 0.6 is 23.1 Å². The van der Waals surface area contributed by atoms with Gasteiger partial charge in [0, 0.05) is 0 Å². The van der Waals surface area contributed by atoms with Crippen molar-refractivity contribution in [2.24, 2.45) is 0 Å². The van der Waals surface area contributed by atoms with Crippen molar-refractivity contribution in [3.8, 4) is 11.6 Å². The number of anilines is 1. The molecule has 1 amide bonds. The number of esters is 1. The van der Waals surface area contributed by atoms with E-state index in [-0.39, 0.29) is 11.7 Å². The molecular formula is C16H17N5O4S2. The van der Waals surface area contributed by atoms with Crippen molar-refractivity contribution in [2.75, 3.05) is 23.5 Å². The molecule has 27 heavy (non-hydrogen) atoms. The summed E-state index contributed by atoms with van der Waals surface area (Å²) in [7, 11) is 0. The quantitative estimate of drug-likeness (QED) is 0.348. The largest absolute Gasteiger partial charge is 0.462 e. The number of thioether (sulfide) groups is 1. The number of nitrogens with zero attached hydrogens (tertiary/aromatic N) is 3. The lowest BCUT2D eigenvalue weighted by molar-refractivity contribution is -0.113. The van der Waals surface area contributed by atoms with Crippen LogP contribution in [0.5, 0.6) is 0 Å². The normalized spacial score (nSPS) is 10.7. The van der Waals surface area contributed by atoms with Crippen LogP contribution in [0.15, 0.2) is 34.0 Å². The van der Waals surface area contributed by atoms with Gasteiger partial charge in [-0.3, -0.25) is 4.79 Å². The number of rotatable bonds is 7. The average Bonchev–Trinajstić information content (AvgIpc) is 3.34. The zero-order valence-electron chi connectivity index (χ0n) is 14.6. The molecule has 11 heteroatoms. The first-order chi connectivity index (χ1) is 13.0. The van der Waals surface area contributed by atoms with Gasteiger partial charge < -0.3 is 20.3 Å². The first-order valence-corrected chi connectivity index (χ1v) is 9.74. The van der Waals surface area contributed by atoms with Crippen LogP contribution in [0.1, 0.15) is 22.2 Å². The molecule has 3 rings (SSSR count). The highest BCUT2D eigenvalue weighted by Gasteiger charge is 2.18. The van der Waals surface area contributed by atoms with E-state index in [0.29, 0.717) is 33.2 Å². The lowest BCUT2D eigenvalue weighted by Gasteiger charge is -2.03. The number of hydrogen-bond donors (Lipinski definition) is 2. The maximum atomic E-state index is 12.2. The van der Waals surface area contributed by atoms with E-state index < -0.39 is 5.97 Å². The van der Waals surface area contributed by atoms with Gasteiger partial charge in [0.2, 0.25) is 16.9 Å². The number of hydrogen-bond acceptors (Lipinski definition) is 9. The summed E-state index contributed by atoms with van der Waals surface area (Å²) in [6.07, 6.45) is 1.51. The molecule has 0 aliphatic heterocycles. The van der Waals surface area contributed by atoms with Gasteiger partial charge in [-0.25, -0.2) is 9.47 Å². The molecule has 0 aliphatic carbocycles. The van der Waals surface area contributed by atoms with Gasteiger partial charge in [-0.1, -0.05) is 11.8 Å². The number of ether oxygens (including phenoxy) is 1. The van der Waals surface area contributed by atoms with E-state index in [0.717, 1.165) is 17.3 Å². The molecule has 3 N–H and O–H groups in total. The summed E-state index contributed by atoms with van der Waals surface area (Å²) in [4.78, 5) is 24.5. The van der Waals surface area contributed by atoms with Crippen molar-refractivity contribution < 1.29 is 18.7 Å². The Balaban J connectivity index is 1.59. The number of amides is 1. The molecule has 3 heterocycles. The predicted molar refractivity (Wildman–Crippen MR) is 102 cm³/mol. The van der Waals surface area contributed by atoms with Crippen LogP contribution in [0.4, 0.5) is 5.00 Å². The number of aromatic nitrogens is 3. The fourth-order valence-electron chi connectivity index (χ4n) is 2.20. The molecule has 0 aromatic carbocycles. The Morgan fingerprint density at radius 1 is 1.44 bits per heavy atom. The Hall–Kier alpha value is -2.79. The highest BCUT2D eigenvalue weighted by molar-refractivity contribution is 7.99. The molecule has 142 valence electrons. The number of nitrogens with two attached hydrogens (primary N) is 1. The van der Waals surface area contributed by atoms with E-state index in [2.05, 4.69) is 15.5 Å². The summed E-state index contributed by atoms with van der Waals surface area (Å²) in [6.45, 7) is 3.84. The minimum atomic E-state index is -0.392. The van der Waals surface area contributed by atoms with Gasteiger partial charge in [0.1, 0.15) is 4.88 Å². The summed E-state index contributed by atoms with van der Waals surface area (Å²) in [6, 6.07) is 5.17. The minimum absolute atomic E-state index is 0.0825. The Bertz CT molecular complexity index is 948. The van der Waals surface area contributed by atoms with Gasteiger partial charge >= 0.3 is 5.97 Å². The first kappa shape index (κ1) is 19.0. The third-order valence-corrected chi connectivity index (χ3v) is 5.46. The second-order valence-electron chi connectivity index (χ2n) is 5.33. The van der Waals surface area contributed by atoms with Crippen LogP contribution in [-0.2, 0) is 9.53 Å². The lowest BCUT2D eigenvalue weighted by atomic mass is 10.3. The molecular weight excluding hydrogens is 390 g/mol. The predicted octanol–water partition coefficient (Wildman–Crippen LogP) is 2.53. The lowest BCUT2D eigenvalue weighted by Crippen LogP contribution is -2.15. The van der Waals surface area contributed by atoms with Crippen molar-refractivity contribution in [1.82, 2.24) is 14.9 Å². The van der Waals surface area contributed by atoms with E-state index in [1.54, 1.807) is 32.0 Å². The number of aryl methyl sites for hydroxylation is 1. The fourth-order valence-corrected chi connectivity index (χ4v) is 3.84. The van der Waals surface area contributed by atoms with Gasteiger partial charge in [0.25, 0.3) is 0 Å². The molecule has 0 atom stereocenters. The van der Waals surface area contributed by atoms with E-state index in [1.165, 1.54) is 22.3 Å². The Morgan fingerprint density at radius 3 is 2.96 bits per heavy atom. The maximum absolute atomic E-state index is 12.2. The van der Waals surface area contributed by atoms with Crippen LogP contribution in [0, 0.1) is 6.92 Å². The monoisotopic (exact) mass is 407 g/mol. The van der Waals surface area contributed by atoms with Gasteiger partial charge in [0.15, 0.2) is 5.76 Å². The van der Waals surface area contributed by atoms with E-state index in [9.17, 15) is 9.59 Å². The van der Waals surface area contributed by atoms with Crippen molar-refractivity contribution in [2.45, 2.75) is 19.0 Å². The second-order valence-corrected chi connectivity index (χ2v) is 7.33. The highest BCUT2D eigenvalue weighted by Crippen LogP contribution is 2.28. The van der Waals surface area contributed by atoms with Gasteiger partial charge in [0.05, 0.1) is 23.6 Å². The van der Waals surface area contributed by atoms with Crippen LogP contribution in [-0.4, -0.2) is 39.1 Å². The first-order valence-electron chi connectivity index (χ1n) is 7.94. The summed E-state index contributed by atoms with van der Waals surface area (Å²) in [5, 5.41) is 11.6. The number of nitrogens with one attached hydrogen (secondary N) is 1. The molecule has 0 saturated heterocycles. The zero-order valence-corrected chi connectivity index (χ0v) is 16.2. The fraction of sp³-hybridized carbons (Fsp3) is 0.250. The number of thiophene rings is 1. The number of furan rings is 1. The van der Waals surface area contributed by atoms with Crippen molar-refractivity contribution in [1.29, 1.82) is 0 Å². The maximum Gasteiger partial charge on any atom is 0.348 e. The highest BCUT2D eigenvalue weighted by atomic mass is 32.2. The van der Waals surface area contributed by atoms with Crippen LogP contribution in [0.3, 0.4) is 0 Å². The average molecular weight is 407 g/mol. The van der Waals surface area contributed by atoms with Crippen LogP contribution in [0.2, 0.25) is 0 Å². The molecule has 0 fully saturated rings. The number of carbonyl (C=O) groups is 2. The van der Waals surface area contributed by atoms with E-state index >= 15 is 0 Å². The molecule has 0 aliphatic rings. The van der Waals surface area contributed by atoms with Crippen LogP contribution in [0.25, 0.3) is 11.6 Å². The van der Waals surface area contributed by atoms with Crippen molar-refractivity contribution in [3.63, 3.8) is 0 Å². The number of nitrogen functional groups attached to an aromatic ring is 1.